The maximum atomic E-state index is 3.68. The van der Waals surface area contributed by atoms with Crippen molar-refractivity contribution in [2.45, 2.75) is 45.4 Å². The Morgan fingerprint density at radius 3 is 2.20 bits per heavy atom. The zero-order valence-corrected chi connectivity index (χ0v) is 9.27. The first-order valence-corrected chi connectivity index (χ1v) is 4.02. The van der Waals surface area contributed by atoms with E-state index in [0.717, 1.165) is 0 Å². The van der Waals surface area contributed by atoms with E-state index in [1.54, 1.807) is 0 Å². The molecule has 62 valence electrons. The van der Waals surface area contributed by atoms with Crippen molar-refractivity contribution in [3.8, 4) is 0 Å². The van der Waals surface area contributed by atoms with E-state index in [0.29, 0.717) is 0 Å². The molecule has 0 aliphatic heterocycles. The average molecular weight is 254 g/mol. The number of hydrogen-bond acceptors (Lipinski definition) is 0. The summed E-state index contributed by atoms with van der Waals surface area (Å²) in [4.78, 5) is 0. The van der Waals surface area contributed by atoms with Crippen LogP contribution in [0.25, 0.3) is 0 Å². The highest BCUT2D eigenvalue weighted by Crippen LogP contribution is 2.04. The molecule has 0 aliphatic rings. The molecule has 0 atom stereocenters. The third-order valence-electron chi connectivity index (χ3n) is 1.51. The van der Waals surface area contributed by atoms with Gasteiger partial charge in [-0.05, 0) is 12.8 Å². The Bertz CT molecular complexity index is 59.7. The largest absolute Gasteiger partial charge is 0.107 e. The molecule has 0 N–H and O–H groups in total. The summed E-state index contributed by atoms with van der Waals surface area (Å²) in [7, 11) is 0. The van der Waals surface area contributed by atoms with Gasteiger partial charge in [-0.3, -0.25) is 0 Å². The van der Waals surface area contributed by atoms with Gasteiger partial charge < -0.3 is 0 Å². The average Bonchev–Trinajstić information content (AvgIpc) is 1.89. The molecular weight excluding hydrogens is 235 g/mol. The van der Waals surface area contributed by atoms with Gasteiger partial charge in [0.25, 0.3) is 0 Å². The molecule has 0 nitrogen and oxygen atoms in total. The summed E-state index contributed by atoms with van der Waals surface area (Å²) in [5.74, 6) is 0. The Balaban J connectivity index is 0. The zero-order chi connectivity index (χ0) is 6.95. The lowest BCUT2D eigenvalue weighted by Crippen LogP contribution is -1.74. The Hall–Kier alpha value is 0.470. The van der Waals surface area contributed by atoms with Crippen LogP contribution in [0.1, 0.15) is 45.4 Å². The van der Waals surface area contributed by atoms with E-state index in [1.165, 1.54) is 38.5 Å². The molecule has 0 fully saturated rings. The smallest absolute Gasteiger partial charge is 0.0353 e. The van der Waals surface area contributed by atoms with Crippen molar-refractivity contribution in [2.75, 3.05) is 0 Å². The van der Waals surface area contributed by atoms with Crippen molar-refractivity contribution < 1.29 is 0 Å². The van der Waals surface area contributed by atoms with Gasteiger partial charge in [0, 0.05) is 0 Å². The first-order valence-electron chi connectivity index (χ1n) is 4.02. The molecule has 0 bridgehead atoms. The molecule has 0 aromatic heterocycles. The maximum Gasteiger partial charge on any atom is -0.0353 e. The maximum absolute atomic E-state index is 3.68. The second-order valence-corrected chi connectivity index (χ2v) is 2.49. The van der Waals surface area contributed by atoms with Crippen LogP contribution in [0.15, 0.2) is 12.7 Å². The lowest BCUT2D eigenvalue weighted by atomic mass is 10.1. The van der Waals surface area contributed by atoms with Crippen LogP contribution in [0.3, 0.4) is 0 Å². The molecule has 0 aromatic rings. The zero-order valence-electron chi connectivity index (χ0n) is 6.94. The second-order valence-electron chi connectivity index (χ2n) is 2.49. The fraction of sp³-hybridized carbons (Fsp3) is 0.778. The molecule has 0 aromatic carbocycles. The molecule has 0 heterocycles. The molecular formula is C9H19I. The molecule has 0 amide bonds. The van der Waals surface area contributed by atoms with E-state index in [9.17, 15) is 0 Å². The molecule has 1 heteroatoms. The third-order valence-corrected chi connectivity index (χ3v) is 1.51. The monoisotopic (exact) mass is 254 g/mol. The molecule has 0 saturated heterocycles. The Labute approximate surface area is 82.1 Å². The van der Waals surface area contributed by atoms with Crippen LogP contribution in [0.2, 0.25) is 0 Å². The van der Waals surface area contributed by atoms with E-state index < -0.39 is 0 Å². The summed E-state index contributed by atoms with van der Waals surface area (Å²) in [5, 5.41) is 0. The number of rotatable bonds is 6. The van der Waals surface area contributed by atoms with Crippen molar-refractivity contribution >= 4 is 24.0 Å². The van der Waals surface area contributed by atoms with Crippen molar-refractivity contribution in [1.29, 1.82) is 0 Å². The second kappa shape index (κ2) is 12.2. The SMILES string of the molecule is C=CCCCCCCC.I. The van der Waals surface area contributed by atoms with Crippen LogP contribution >= 0.6 is 24.0 Å². The predicted molar refractivity (Wildman–Crippen MR) is 59.0 cm³/mol. The predicted octanol–water partition coefficient (Wildman–Crippen LogP) is 4.15. The summed E-state index contributed by atoms with van der Waals surface area (Å²) in [6.07, 6.45) is 10.1. The van der Waals surface area contributed by atoms with Gasteiger partial charge in [0.2, 0.25) is 0 Å². The number of hydrogen-bond donors (Lipinski definition) is 0. The van der Waals surface area contributed by atoms with Crippen LogP contribution in [0, 0.1) is 0 Å². The van der Waals surface area contributed by atoms with Crippen LogP contribution in [0.4, 0.5) is 0 Å². The lowest BCUT2D eigenvalue weighted by molar-refractivity contribution is 0.638. The molecule has 0 saturated carbocycles. The Morgan fingerprint density at radius 2 is 1.70 bits per heavy atom. The van der Waals surface area contributed by atoms with Crippen molar-refractivity contribution in [1.82, 2.24) is 0 Å². The fourth-order valence-electron chi connectivity index (χ4n) is 0.892. The highest BCUT2D eigenvalue weighted by atomic mass is 127. The van der Waals surface area contributed by atoms with Crippen molar-refractivity contribution in [2.24, 2.45) is 0 Å². The highest BCUT2D eigenvalue weighted by Gasteiger charge is 1.84. The van der Waals surface area contributed by atoms with Gasteiger partial charge >= 0.3 is 0 Å². The highest BCUT2D eigenvalue weighted by molar-refractivity contribution is 14.0. The van der Waals surface area contributed by atoms with Crippen LogP contribution in [0.5, 0.6) is 0 Å². The minimum Gasteiger partial charge on any atom is -0.107 e. The lowest BCUT2D eigenvalue weighted by Gasteiger charge is -1.94. The summed E-state index contributed by atoms with van der Waals surface area (Å²) in [5.41, 5.74) is 0. The van der Waals surface area contributed by atoms with Gasteiger partial charge in [-0.2, -0.15) is 0 Å². The van der Waals surface area contributed by atoms with E-state index >= 15 is 0 Å². The molecule has 0 aliphatic carbocycles. The molecule has 10 heavy (non-hydrogen) atoms. The van der Waals surface area contributed by atoms with Gasteiger partial charge in [0.05, 0.1) is 0 Å². The van der Waals surface area contributed by atoms with E-state index in [1.807, 2.05) is 6.08 Å². The Morgan fingerprint density at radius 1 is 1.10 bits per heavy atom. The minimum atomic E-state index is 0. The van der Waals surface area contributed by atoms with Gasteiger partial charge in [-0.25, -0.2) is 0 Å². The molecule has 0 unspecified atom stereocenters. The Kier molecular flexibility index (Phi) is 15.9. The number of unbranched alkanes of at least 4 members (excludes halogenated alkanes) is 5. The number of halogens is 1. The topological polar surface area (TPSA) is 0 Å². The molecule has 0 spiro atoms. The first-order chi connectivity index (χ1) is 4.41. The van der Waals surface area contributed by atoms with Gasteiger partial charge in [-0.15, -0.1) is 30.6 Å². The van der Waals surface area contributed by atoms with Crippen LogP contribution < -0.4 is 0 Å². The summed E-state index contributed by atoms with van der Waals surface area (Å²) in [6.45, 7) is 5.92. The quantitative estimate of drug-likeness (QED) is 0.379. The standard InChI is InChI=1S/C9H18.HI/c1-3-5-7-9-8-6-4-2;/h3H,1,4-9H2,2H3;1H. The van der Waals surface area contributed by atoms with Gasteiger partial charge in [0.15, 0.2) is 0 Å². The fourth-order valence-corrected chi connectivity index (χ4v) is 0.892. The van der Waals surface area contributed by atoms with E-state index in [4.69, 9.17) is 0 Å². The van der Waals surface area contributed by atoms with Crippen LogP contribution in [-0.4, -0.2) is 0 Å². The van der Waals surface area contributed by atoms with E-state index in [-0.39, 0.29) is 24.0 Å². The van der Waals surface area contributed by atoms with E-state index in [2.05, 4.69) is 13.5 Å². The summed E-state index contributed by atoms with van der Waals surface area (Å²) in [6, 6.07) is 0. The van der Waals surface area contributed by atoms with Crippen molar-refractivity contribution in [3.63, 3.8) is 0 Å². The summed E-state index contributed by atoms with van der Waals surface area (Å²) >= 11 is 0. The first kappa shape index (κ1) is 13.1. The van der Waals surface area contributed by atoms with Crippen molar-refractivity contribution in [3.05, 3.63) is 12.7 Å². The minimum absolute atomic E-state index is 0. The third kappa shape index (κ3) is 11.3. The molecule has 0 rings (SSSR count). The van der Waals surface area contributed by atoms with Gasteiger partial charge in [0.1, 0.15) is 0 Å². The molecule has 0 radical (unpaired) electrons. The number of allylic oxidation sites excluding steroid dienone is 1. The van der Waals surface area contributed by atoms with Gasteiger partial charge in [-0.1, -0.05) is 38.7 Å². The van der Waals surface area contributed by atoms with Crippen LogP contribution in [-0.2, 0) is 0 Å². The summed E-state index contributed by atoms with van der Waals surface area (Å²) < 4.78 is 0. The normalized spacial score (nSPS) is 8.50.